The van der Waals surface area contributed by atoms with E-state index in [-0.39, 0.29) is 5.41 Å². The summed E-state index contributed by atoms with van der Waals surface area (Å²) in [4.78, 5) is 9.32. The number of halogens is 1. The Morgan fingerprint density at radius 2 is 1.57 bits per heavy atom. The number of hydrogen-bond donors (Lipinski definition) is 2. The van der Waals surface area contributed by atoms with Crippen LogP contribution < -0.4 is 10.6 Å². The minimum absolute atomic E-state index is 0.0954. The van der Waals surface area contributed by atoms with Crippen molar-refractivity contribution in [3.8, 4) is 0 Å². The van der Waals surface area contributed by atoms with E-state index in [0.717, 1.165) is 28.7 Å². The van der Waals surface area contributed by atoms with Crippen molar-refractivity contribution in [1.82, 2.24) is 9.97 Å². The molecule has 0 radical (unpaired) electrons. The Labute approximate surface area is 139 Å². The SMILES string of the molecule is CNc1nc(C(C)(C)C)nc(Nc2ccc(I)cc2)c1C. The van der Waals surface area contributed by atoms with E-state index in [0.29, 0.717) is 0 Å². The summed E-state index contributed by atoms with van der Waals surface area (Å²) in [6, 6.07) is 8.25. The lowest BCUT2D eigenvalue weighted by molar-refractivity contribution is 0.546. The lowest BCUT2D eigenvalue weighted by atomic mass is 9.95. The van der Waals surface area contributed by atoms with Crippen molar-refractivity contribution < 1.29 is 0 Å². The Morgan fingerprint density at radius 3 is 2.10 bits per heavy atom. The first-order valence-electron chi connectivity index (χ1n) is 6.90. The van der Waals surface area contributed by atoms with Gasteiger partial charge in [0, 0.05) is 27.3 Å². The van der Waals surface area contributed by atoms with E-state index in [2.05, 4.69) is 83.2 Å². The zero-order valence-corrected chi connectivity index (χ0v) is 15.2. The summed E-state index contributed by atoms with van der Waals surface area (Å²) in [6.07, 6.45) is 0. The number of hydrogen-bond acceptors (Lipinski definition) is 4. The maximum Gasteiger partial charge on any atom is 0.139 e. The van der Waals surface area contributed by atoms with Gasteiger partial charge in [0.05, 0.1) is 0 Å². The number of anilines is 3. The quantitative estimate of drug-likeness (QED) is 0.752. The molecule has 4 nitrogen and oxygen atoms in total. The summed E-state index contributed by atoms with van der Waals surface area (Å²) in [5.74, 6) is 2.54. The summed E-state index contributed by atoms with van der Waals surface area (Å²) in [5.41, 5.74) is 1.95. The predicted octanol–water partition coefficient (Wildman–Crippen LogP) is 4.47. The van der Waals surface area contributed by atoms with Crippen molar-refractivity contribution in [1.29, 1.82) is 0 Å². The Hall–Kier alpha value is -1.37. The Bertz CT molecular complexity index is 630. The smallest absolute Gasteiger partial charge is 0.139 e. The van der Waals surface area contributed by atoms with Crippen molar-refractivity contribution in [2.75, 3.05) is 17.7 Å². The molecular weight excluding hydrogens is 375 g/mol. The lowest BCUT2D eigenvalue weighted by Crippen LogP contribution is -2.18. The number of benzene rings is 1. The predicted molar refractivity (Wildman–Crippen MR) is 97.5 cm³/mol. The molecule has 112 valence electrons. The van der Waals surface area contributed by atoms with Gasteiger partial charge in [0.25, 0.3) is 0 Å². The molecule has 0 atom stereocenters. The fourth-order valence-corrected chi connectivity index (χ4v) is 2.25. The molecule has 0 amide bonds. The Kier molecular flexibility index (Phi) is 4.70. The van der Waals surface area contributed by atoms with E-state index in [4.69, 9.17) is 4.98 Å². The first kappa shape index (κ1) is 16.0. The first-order chi connectivity index (χ1) is 9.81. The standard InChI is InChI=1S/C16H21IN4/c1-10-13(18-5)20-15(16(2,3)4)21-14(10)19-12-8-6-11(17)7-9-12/h6-9H,1-5H3,(H2,18,19,20,21). The number of nitrogens with one attached hydrogen (secondary N) is 2. The van der Waals surface area contributed by atoms with Crippen LogP contribution in [0.25, 0.3) is 0 Å². The van der Waals surface area contributed by atoms with Crippen LogP contribution in [0.5, 0.6) is 0 Å². The lowest BCUT2D eigenvalue weighted by Gasteiger charge is -2.20. The molecule has 0 aliphatic carbocycles. The third-order valence-electron chi connectivity index (χ3n) is 3.16. The van der Waals surface area contributed by atoms with Gasteiger partial charge in [-0.05, 0) is 53.8 Å². The topological polar surface area (TPSA) is 49.8 Å². The maximum absolute atomic E-state index is 4.71. The molecule has 2 aromatic rings. The fraction of sp³-hybridized carbons (Fsp3) is 0.375. The molecule has 0 bridgehead atoms. The summed E-state index contributed by atoms with van der Waals surface area (Å²) < 4.78 is 1.21. The Balaban J connectivity index is 2.44. The molecule has 21 heavy (non-hydrogen) atoms. The van der Waals surface area contributed by atoms with Gasteiger partial charge >= 0.3 is 0 Å². The molecule has 1 aromatic carbocycles. The molecule has 0 unspecified atom stereocenters. The average molecular weight is 396 g/mol. The number of aromatic nitrogens is 2. The van der Waals surface area contributed by atoms with Gasteiger partial charge in [0.1, 0.15) is 17.5 Å². The van der Waals surface area contributed by atoms with Crippen LogP contribution in [0, 0.1) is 10.5 Å². The average Bonchev–Trinajstić information content (AvgIpc) is 2.42. The highest BCUT2D eigenvalue weighted by Gasteiger charge is 2.20. The van der Waals surface area contributed by atoms with Gasteiger partial charge < -0.3 is 10.6 Å². The van der Waals surface area contributed by atoms with Crippen molar-refractivity contribution in [3.05, 3.63) is 39.2 Å². The minimum Gasteiger partial charge on any atom is -0.373 e. The molecule has 0 aliphatic heterocycles. The second kappa shape index (κ2) is 6.17. The minimum atomic E-state index is -0.0954. The van der Waals surface area contributed by atoms with Gasteiger partial charge in [-0.3, -0.25) is 0 Å². The van der Waals surface area contributed by atoms with Crippen LogP contribution in [-0.4, -0.2) is 17.0 Å². The van der Waals surface area contributed by atoms with Crippen LogP contribution in [0.2, 0.25) is 0 Å². The van der Waals surface area contributed by atoms with E-state index in [1.807, 2.05) is 14.0 Å². The first-order valence-corrected chi connectivity index (χ1v) is 7.98. The number of nitrogens with zero attached hydrogens (tertiary/aromatic N) is 2. The van der Waals surface area contributed by atoms with Crippen molar-refractivity contribution in [2.45, 2.75) is 33.1 Å². The van der Waals surface area contributed by atoms with Gasteiger partial charge in [-0.2, -0.15) is 0 Å². The summed E-state index contributed by atoms with van der Waals surface area (Å²) >= 11 is 2.30. The second-order valence-corrected chi connectivity index (χ2v) is 7.25. The molecule has 0 saturated carbocycles. The van der Waals surface area contributed by atoms with E-state index in [1.165, 1.54) is 3.57 Å². The summed E-state index contributed by atoms with van der Waals surface area (Å²) in [6.45, 7) is 8.37. The van der Waals surface area contributed by atoms with Gasteiger partial charge in [0.15, 0.2) is 0 Å². The van der Waals surface area contributed by atoms with Gasteiger partial charge in [-0.15, -0.1) is 0 Å². The molecule has 2 N–H and O–H groups in total. The zero-order valence-electron chi connectivity index (χ0n) is 13.1. The second-order valence-electron chi connectivity index (χ2n) is 6.00. The van der Waals surface area contributed by atoms with E-state index >= 15 is 0 Å². The largest absolute Gasteiger partial charge is 0.373 e. The molecule has 1 aromatic heterocycles. The highest BCUT2D eigenvalue weighted by atomic mass is 127. The fourth-order valence-electron chi connectivity index (χ4n) is 1.89. The molecule has 0 spiro atoms. The van der Waals surface area contributed by atoms with Crippen molar-refractivity contribution in [2.24, 2.45) is 0 Å². The third-order valence-corrected chi connectivity index (χ3v) is 3.88. The summed E-state index contributed by atoms with van der Waals surface area (Å²) in [5, 5.41) is 6.54. The van der Waals surface area contributed by atoms with E-state index < -0.39 is 0 Å². The molecular formula is C16H21IN4. The monoisotopic (exact) mass is 396 g/mol. The highest BCUT2D eigenvalue weighted by molar-refractivity contribution is 14.1. The van der Waals surface area contributed by atoms with Crippen LogP contribution >= 0.6 is 22.6 Å². The Morgan fingerprint density at radius 1 is 1.00 bits per heavy atom. The molecule has 0 aliphatic rings. The van der Waals surface area contributed by atoms with Crippen LogP contribution in [-0.2, 0) is 5.41 Å². The van der Waals surface area contributed by atoms with Crippen LogP contribution in [0.1, 0.15) is 32.2 Å². The zero-order chi connectivity index (χ0) is 15.6. The van der Waals surface area contributed by atoms with Gasteiger partial charge in [-0.25, -0.2) is 9.97 Å². The van der Waals surface area contributed by atoms with Gasteiger partial charge in [0.2, 0.25) is 0 Å². The van der Waals surface area contributed by atoms with E-state index in [9.17, 15) is 0 Å². The molecule has 0 fully saturated rings. The van der Waals surface area contributed by atoms with Crippen LogP contribution in [0.3, 0.4) is 0 Å². The normalized spacial score (nSPS) is 11.3. The molecule has 2 rings (SSSR count). The van der Waals surface area contributed by atoms with Crippen LogP contribution in [0.4, 0.5) is 17.3 Å². The van der Waals surface area contributed by atoms with Gasteiger partial charge in [-0.1, -0.05) is 20.8 Å². The van der Waals surface area contributed by atoms with Crippen LogP contribution in [0.15, 0.2) is 24.3 Å². The highest BCUT2D eigenvalue weighted by Crippen LogP contribution is 2.28. The maximum atomic E-state index is 4.71. The van der Waals surface area contributed by atoms with Crippen molar-refractivity contribution >= 4 is 39.9 Å². The molecule has 5 heteroatoms. The van der Waals surface area contributed by atoms with E-state index in [1.54, 1.807) is 0 Å². The summed E-state index contributed by atoms with van der Waals surface area (Å²) in [7, 11) is 1.89. The third kappa shape index (κ3) is 3.84. The van der Waals surface area contributed by atoms with Crippen molar-refractivity contribution in [3.63, 3.8) is 0 Å². The molecule has 0 saturated heterocycles. The number of rotatable bonds is 3. The molecule has 1 heterocycles.